The molecule has 1 aromatic rings. The summed E-state index contributed by atoms with van der Waals surface area (Å²) in [4.78, 5) is 29.2. The van der Waals surface area contributed by atoms with E-state index in [9.17, 15) is 9.59 Å². The molecule has 2 amide bonds. The second kappa shape index (κ2) is 7.85. The van der Waals surface area contributed by atoms with Gasteiger partial charge in [0.15, 0.2) is 0 Å². The fourth-order valence-electron chi connectivity index (χ4n) is 3.67. The predicted molar refractivity (Wildman–Crippen MR) is 97.0 cm³/mol. The zero-order valence-electron chi connectivity index (χ0n) is 15.0. The number of hydrogen-bond donors (Lipinski definition) is 2. The Bertz CT molecular complexity index is 597. The lowest BCUT2D eigenvalue weighted by atomic mass is 10.0. The number of rotatable bonds is 5. The number of likely N-dealkylation sites (tertiary alicyclic amines) is 1. The molecule has 25 heavy (non-hydrogen) atoms. The molecule has 2 fully saturated rings. The molecule has 0 spiro atoms. The van der Waals surface area contributed by atoms with Crippen LogP contribution >= 0.6 is 11.3 Å². The van der Waals surface area contributed by atoms with Gasteiger partial charge >= 0.3 is 0 Å². The van der Waals surface area contributed by atoms with E-state index in [1.54, 1.807) is 4.90 Å². The summed E-state index contributed by atoms with van der Waals surface area (Å²) in [6.07, 6.45) is 1.63. The first kappa shape index (κ1) is 18.4. The van der Waals surface area contributed by atoms with Crippen LogP contribution in [0, 0.1) is 0 Å². The minimum atomic E-state index is -0.343. The van der Waals surface area contributed by atoms with Crippen LogP contribution in [0.15, 0.2) is 17.5 Å². The Morgan fingerprint density at radius 3 is 2.84 bits per heavy atom. The van der Waals surface area contributed by atoms with Crippen LogP contribution in [-0.4, -0.2) is 67.7 Å². The average Bonchev–Trinajstić information content (AvgIpc) is 3.31. The van der Waals surface area contributed by atoms with Crippen molar-refractivity contribution in [2.24, 2.45) is 0 Å². The van der Waals surface area contributed by atoms with Crippen LogP contribution in [0.25, 0.3) is 0 Å². The molecule has 6 nitrogen and oxygen atoms in total. The molecule has 3 heterocycles. The van der Waals surface area contributed by atoms with E-state index < -0.39 is 0 Å². The molecule has 0 saturated carbocycles. The number of carbonyl (C=O) groups is 2. The van der Waals surface area contributed by atoms with Crippen LogP contribution in [0.4, 0.5) is 0 Å². The molecule has 1 atom stereocenters. The molecule has 1 aromatic heterocycles. The molecule has 2 aliphatic heterocycles. The molecule has 2 aliphatic rings. The zero-order chi connectivity index (χ0) is 17.9. The summed E-state index contributed by atoms with van der Waals surface area (Å²) in [5.74, 6) is -0.0474. The van der Waals surface area contributed by atoms with Gasteiger partial charge in [0, 0.05) is 6.54 Å². The molecule has 0 unspecified atom stereocenters. The molecule has 2 N–H and O–H groups in total. The number of morpholine rings is 1. The summed E-state index contributed by atoms with van der Waals surface area (Å²) in [5.41, 5.74) is -0.0410. The highest BCUT2D eigenvalue weighted by atomic mass is 32.1. The van der Waals surface area contributed by atoms with Crippen LogP contribution in [0.5, 0.6) is 0 Å². The van der Waals surface area contributed by atoms with Gasteiger partial charge in [-0.15, -0.1) is 11.3 Å². The summed E-state index contributed by atoms with van der Waals surface area (Å²) in [6.45, 7) is 9.11. The fraction of sp³-hybridized carbons (Fsp3) is 0.667. The SMILES string of the molecule is CC(C)(CNC(=O)[C@@H]1CCCN1C(=O)c1cccs1)[NH+]1CCOCC1. The number of amides is 2. The average molecular weight is 367 g/mol. The molecular weight excluding hydrogens is 338 g/mol. The van der Waals surface area contributed by atoms with Gasteiger partial charge in [0.05, 0.1) is 24.6 Å². The first-order chi connectivity index (χ1) is 12.0. The molecule has 0 radical (unpaired) electrons. The van der Waals surface area contributed by atoms with Crippen LogP contribution < -0.4 is 10.2 Å². The van der Waals surface area contributed by atoms with Crippen molar-refractivity contribution < 1.29 is 19.2 Å². The molecule has 2 saturated heterocycles. The maximum atomic E-state index is 12.7. The van der Waals surface area contributed by atoms with Gasteiger partial charge in [-0.2, -0.15) is 0 Å². The number of hydrogen-bond acceptors (Lipinski definition) is 4. The Kier molecular flexibility index (Phi) is 5.76. The monoisotopic (exact) mass is 366 g/mol. The van der Waals surface area contributed by atoms with E-state index in [-0.39, 0.29) is 23.4 Å². The van der Waals surface area contributed by atoms with Crippen LogP contribution in [0.3, 0.4) is 0 Å². The Labute approximate surface area is 153 Å². The zero-order valence-corrected chi connectivity index (χ0v) is 15.9. The normalized spacial score (nSPS) is 22.2. The van der Waals surface area contributed by atoms with E-state index in [0.717, 1.165) is 39.1 Å². The van der Waals surface area contributed by atoms with Crippen molar-refractivity contribution in [1.29, 1.82) is 0 Å². The fourth-order valence-corrected chi connectivity index (χ4v) is 4.35. The number of quaternary nitrogens is 1. The Morgan fingerprint density at radius 1 is 1.40 bits per heavy atom. The summed E-state index contributed by atoms with van der Waals surface area (Å²) < 4.78 is 5.43. The highest BCUT2D eigenvalue weighted by Crippen LogP contribution is 2.22. The van der Waals surface area contributed by atoms with Gasteiger partial charge in [0.25, 0.3) is 5.91 Å². The first-order valence-electron chi connectivity index (χ1n) is 9.04. The van der Waals surface area contributed by atoms with E-state index in [0.29, 0.717) is 18.0 Å². The lowest BCUT2D eigenvalue weighted by Crippen LogP contribution is -3.22. The van der Waals surface area contributed by atoms with Crippen molar-refractivity contribution in [2.45, 2.75) is 38.3 Å². The van der Waals surface area contributed by atoms with Gasteiger partial charge < -0.3 is 19.9 Å². The summed E-state index contributed by atoms with van der Waals surface area (Å²) in [6, 6.07) is 3.35. The van der Waals surface area contributed by atoms with Gasteiger partial charge in [-0.05, 0) is 38.1 Å². The molecule has 138 valence electrons. The molecule has 0 bridgehead atoms. The molecular formula is C18H28N3O3S+. The number of carbonyl (C=O) groups excluding carboxylic acids is 2. The van der Waals surface area contributed by atoms with Gasteiger partial charge in [-0.3, -0.25) is 9.59 Å². The van der Waals surface area contributed by atoms with E-state index >= 15 is 0 Å². The lowest BCUT2D eigenvalue weighted by Gasteiger charge is -2.38. The van der Waals surface area contributed by atoms with Crippen molar-refractivity contribution in [3.63, 3.8) is 0 Å². The summed E-state index contributed by atoms with van der Waals surface area (Å²) in [7, 11) is 0. The van der Waals surface area contributed by atoms with Crippen molar-refractivity contribution >= 4 is 23.2 Å². The third-order valence-corrected chi connectivity index (χ3v) is 6.16. The maximum absolute atomic E-state index is 12.7. The topological polar surface area (TPSA) is 63.1 Å². The largest absolute Gasteiger partial charge is 0.370 e. The number of thiophene rings is 1. The van der Waals surface area contributed by atoms with Gasteiger partial charge in [-0.25, -0.2) is 0 Å². The maximum Gasteiger partial charge on any atom is 0.264 e. The Hall–Kier alpha value is -1.44. The second-order valence-corrected chi connectivity index (χ2v) is 8.40. The van der Waals surface area contributed by atoms with E-state index in [4.69, 9.17) is 4.74 Å². The van der Waals surface area contributed by atoms with Crippen LogP contribution in [0.1, 0.15) is 36.4 Å². The highest BCUT2D eigenvalue weighted by molar-refractivity contribution is 7.12. The van der Waals surface area contributed by atoms with Crippen LogP contribution in [0.2, 0.25) is 0 Å². The molecule has 3 rings (SSSR count). The first-order valence-corrected chi connectivity index (χ1v) is 9.92. The van der Waals surface area contributed by atoms with Gasteiger partial charge in [-0.1, -0.05) is 6.07 Å². The third kappa shape index (κ3) is 4.22. The Balaban J connectivity index is 1.57. The van der Waals surface area contributed by atoms with Crippen molar-refractivity contribution in [3.05, 3.63) is 22.4 Å². The van der Waals surface area contributed by atoms with Crippen LogP contribution in [-0.2, 0) is 9.53 Å². The van der Waals surface area contributed by atoms with E-state index in [1.807, 2.05) is 17.5 Å². The summed E-state index contributed by atoms with van der Waals surface area (Å²) >= 11 is 1.43. The number of nitrogens with zero attached hydrogens (tertiary/aromatic N) is 1. The molecule has 0 aliphatic carbocycles. The third-order valence-electron chi connectivity index (χ3n) is 5.31. The minimum Gasteiger partial charge on any atom is -0.370 e. The van der Waals surface area contributed by atoms with E-state index in [2.05, 4.69) is 19.2 Å². The van der Waals surface area contributed by atoms with E-state index in [1.165, 1.54) is 16.2 Å². The Morgan fingerprint density at radius 2 is 2.16 bits per heavy atom. The molecule has 0 aromatic carbocycles. The van der Waals surface area contributed by atoms with Gasteiger partial charge in [0.1, 0.15) is 24.7 Å². The number of ether oxygens (including phenoxy) is 1. The van der Waals surface area contributed by atoms with Gasteiger partial charge in [0.2, 0.25) is 5.91 Å². The highest BCUT2D eigenvalue weighted by Gasteiger charge is 2.37. The molecule has 7 heteroatoms. The number of nitrogens with one attached hydrogen (secondary N) is 2. The predicted octanol–water partition coefficient (Wildman–Crippen LogP) is 0.163. The minimum absolute atomic E-state index is 0.0225. The van der Waals surface area contributed by atoms with Crippen molar-refractivity contribution in [1.82, 2.24) is 10.2 Å². The summed E-state index contributed by atoms with van der Waals surface area (Å²) in [5, 5.41) is 5.00. The standard InChI is InChI=1S/C18H27N3O3S/c1-18(2,20-8-10-24-11-9-20)13-19-16(22)14-5-3-7-21(14)17(23)15-6-4-12-25-15/h4,6,12,14H,3,5,7-11,13H2,1-2H3,(H,19,22)/p+1/t14-/m0/s1. The van der Waals surface area contributed by atoms with Crippen molar-refractivity contribution in [3.8, 4) is 0 Å². The van der Waals surface area contributed by atoms with Crippen molar-refractivity contribution in [2.75, 3.05) is 39.4 Å². The second-order valence-electron chi connectivity index (χ2n) is 7.45. The smallest absolute Gasteiger partial charge is 0.264 e. The quantitative estimate of drug-likeness (QED) is 0.781. The lowest BCUT2D eigenvalue weighted by molar-refractivity contribution is -0.954.